The maximum Gasteiger partial charge on any atom is 0.349 e. The Hall–Kier alpha value is -14.1. The molecule has 41 heteroatoms. The molecule has 5 fully saturated rings. The second-order valence-electron chi connectivity index (χ2n) is 31.8. The molecule has 0 bridgehead atoms. The minimum Gasteiger partial charge on any atom is -0.395 e. The Morgan fingerprint density at radius 2 is 0.720 bits per heavy atom. The van der Waals surface area contributed by atoms with Crippen molar-refractivity contribution in [3.8, 4) is 30.3 Å². The molecule has 15 atom stereocenters. The van der Waals surface area contributed by atoms with Crippen LogP contribution < -0.4 is 55.4 Å². The van der Waals surface area contributed by atoms with E-state index in [0.717, 1.165) is 0 Å². The summed E-state index contributed by atoms with van der Waals surface area (Å²) in [5.41, 5.74) is -0.148. The van der Waals surface area contributed by atoms with Crippen molar-refractivity contribution in [3.63, 3.8) is 0 Å². The van der Waals surface area contributed by atoms with Crippen molar-refractivity contribution in [2.75, 3.05) is 88.5 Å². The number of carbonyl (C=O) groups is 4. The molecule has 0 saturated heterocycles. The first-order valence-electron chi connectivity index (χ1n) is 41.9. The number of amides is 4. The highest BCUT2D eigenvalue weighted by Crippen LogP contribution is 2.49. The van der Waals surface area contributed by atoms with Gasteiger partial charge in [0.25, 0.3) is 23.6 Å². The van der Waals surface area contributed by atoms with Gasteiger partial charge in [-0.25, -0.2) is 29.0 Å². The molecule has 0 aliphatic heterocycles. The number of aromatic nitrogens is 10. The molecule has 132 heavy (non-hydrogen) atoms. The Morgan fingerprint density at radius 3 is 1.03 bits per heavy atom. The number of nitriles is 5. The number of aromatic amines is 1. The van der Waals surface area contributed by atoms with Crippen LogP contribution in [0.5, 0.6) is 0 Å². The zero-order valence-corrected chi connectivity index (χ0v) is 73.0. The van der Waals surface area contributed by atoms with Crippen LogP contribution in [0.1, 0.15) is 156 Å². The number of ether oxygens (including phenoxy) is 6. The van der Waals surface area contributed by atoms with E-state index in [1.807, 2.05) is 38.1 Å². The number of nitrogens with one attached hydrogen (secondary N) is 5. The highest BCUT2D eigenvalue weighted by Gasteiger charge is 2.53. The molecular formula is C91H104N20O21. The molecule has 0 unspecified atom stereocenters. The lowest BCUT2D eigenvalue weighted by Gasteiger charge is -2.26. The van der Waals surface area contributed by atoms with Crippen LogP contribution in [0, 0.1) is 83.7 Å². The van der Waals surface area contributed by atoms with Crippen molar-refractivity contribution in [2.45, 2.75) is 152 Å². The average molecular weight is 1810 g/mol. The van der Waals surface area contributed by atoms with E-state index in [1.54, 1.807) is 129 Å². The largest absolute Gasteiger partial charge is 0.395 e. The predicted octanol–water partition coefficient (Wildman–Crippen LogP) is 5.85. The standard InChI is InChI=1S/C21H24N4O4.C20H22N4O5.C18H18N4O4.C11H14N4O3.C11H9N3O2.C10H17NO3/c1-3-21(13-22)12-16(11-17(21)29-14-28-2)25-10-9-18(24-20(25)27)23-19(26)15-7-5-4-6-8-15;1-28-13-29-16-9-15(10-20(16,11-21)12-25)24-8-7-17(23-19(24)27)22-18(26)14-5-3-2-4-6-14;19-10-18(11-23)9-13(8-14(18)24)22-7-6-15(21-17(22)26)20-16(25)12-4-2-1-3-5-12;12-5-11(6-16)4-7(3-8(11)17)15-2-1-9(13)14-10(15)18;15-10(8-4-2-1-3-5-8)13-9-6-7-12-11(16)14-9;1-3-10(6-11)5-8(12)4-9(10)14-7-13-2/h4-10,16-17H,3,11-12,14H2,1-2H3,(H,23,24,26,27);2-8,15-16,25H,9-10,12-13H2,1H3,(H,22,23,26,27);1-7,13-14,23-24H,8-9,11H2,(H,20,21,25,26);1-2,7-8,16-17H,3-4,6H2,(H2,13,14,18);1-7H,(H2,12,13,14,15,16);8-9,12H,3-5,7H2,1-2H3/t16-,17-,21-;15-,16-,20-;13-,14-,18-;7-,8-,11-;;8-,9+,10+/m0000.1/s1. The molecule has 14 rings (SSSR count). The molecule has 5 saturated carbocycles. The van der Waals surface area contributed by atoms with Crippen LogP contribution in [0.2, 0.25) is 0 Å². The van der Waals surface area contributed by atoms with Crippen LogP contribution in [0.3, 0.4) is 0 Å². The van der Waals surface area contributed by atoms with Gasteiger partial charge in [-0.3, -0.25) is 42.4 Å². The molecule has 5 aliphatic rings. The first-order valence-corrected chi connectivity index (χ1v) is 41.9. The van der Waals surface area contributed by atoms with Crippen molar-refractivity contribution in [3.05, 3.63) is 257 Å². The van der Waals surface area contributed by atoms with Gasteiger partial charge in [0, 0.05) is 105 Å². The Morgan fingerprint density at radius 1 is 0.417 bits per heavy atom. The zero-order valence-electron chi connectivity index (χ0n) is 73.0. The number of hydrogen-bond donors (Lipinski definition) is 12. The summed E-state index contributed by atoms with van der Waals surface area (Å²) in [4.78, 5) is 130. The third kappa shape index (κ3) is 25.5. The molecule has 41 nitrogen and oxygen atoms in total. The predicted molar refractivity (Wildman–Crippen MR) is 473 cm³/mol. The lowest BCUT2D eigenvalue weighted by atomic mass is 9.83. The van der Waals surface area contributed by atoms with Gasteiger partial charge < -0.3 is 86.1 Å². The first-order chi connectivity index (χ1) is 63.5. The molecule has 13 N–H and O–H groups in total. The minimum atomic E-state index is -1.27. The van der Waals surface area contributed by atoms with Crippen LogP contribution in [-0.2, 0) is 28.4 Å². The van der Waals surface area contributed by atoms with Crippen molar-refractivity contribution < 1.29 is 78.2 Å². The minimum absolute atomic E-state index is 0.0155. The van der Waals surface area contributed by atoms with Gasteiger partial charge in [-0.05, 0) is 149 Å². The number of nitrogens with two attached hydrogens (primary N) is 1. The van der Waals surface area contributed by atoms with Crippen molar-refractivity contribution in [1.82, 2.24) is 48.2 Å². The van der Waals surface area contributed by atoms with E-state index >= 15 is 0 Å². The number of nitrogen functional groups attached to an aromatic ring is 1. The first kappa shape index (κ1) is 102. The third-order valence-corrected chi connectivity index (χ3v) is 23.7. The van der Waals surface area contributed by atoms with Gasteiger partial charge in [0.2, 0.25) is 0 Å². The highest BCUT2D eigenvalue weighted by molar-refractivity contribution is 6.05. The lowest BCUT2D eigenvalue weighted by molar-refractivity contribution is -0.104. The summed E-state index contributed by atoms with van der Waals surface area (Å²) >= 11 is 0. The molecule has 0 radical (unpaired) electrons. The van der Waals surface area contributed by atoms with Gasteiger partial charge in [0.1, 0.15) is 65.7 Å². The number of benzene rings is 4. The van der Waals surface area contributed by atoms with E-state index < -0.39 is 99.2 Å². The molecular weight excluding hydrogens is 1710 g/mol. The number of methoxy groups -OCH3 is 3. The molecule has 5 aromatic heterocycles. The summed E-state index contributed by atoms with van der Waals surface area (Å²) in [7, 11) is 4.55. The highest BCUT2D eigenvalue weighted by atomic mass is 16.7. The zero-order chi connectivity index (χ0) is 95.8. The normalized spacial score (nSPS) is 24.6. The van der Waals surface area contributed by atoms with E-state index in [9.17, 15) is 89.6 Å². The van der Waals surface area contributed by atoms with Crippen molar-refractivity contribution in [1.29, 1.82) is 26.3 Å². The van der Waals surface area contributed by atoms with Crippen LogP contribution in [0.15, 0.2) is 207 Å². The summed E-state index contributed by atoms with van der Waals surface area (Å²) in [5.74, 6) is -0.458. The Labute approximate surface area is 756 Å². The number of aliphatic hydroxyl groups excluding tert-OH is 6. The third-order valence-electron chi connectivity index (χ3n) is 23.7. The second kappa shape index (κ2) is 48.0. The quantitative estimate of drug-likeness (QED) is 0.0283. The Kier molecular flexibility index (Phi) is 37.0. The topological polar surface area (TPSA) is 623 Å². The van der Waals surface area contributed by atoms with E-state index in [1.165, 1.54) is 81.5 Å². The van der Waals surface area contributed by atoms with Gasteiger partial charge in [-0.15, -0.1) is 0 Å². The fourth-order valence-corrected chi connectivity index (χ4v) is 16.2. The molecule has 5 heterocycles. The number of anilines is 5. The Balaban J connectivity index is 0.000000182. The SMILES string of the molecule is CC[C@@]1(C#N)C[C@@H](n2ccc(NC(=O)c3ccccc3)nc2=O)C[C@@H]1OCOC.CC[C@@]1(C#N)C[C@H](O)C[C@@H]1OCOC.COCO[C@H]1C[C@H](n2ccc(NC(=O)c3ccccc3)nc2=O)C[C@]1(C#N)CO.N#C[C@]1(CO)C[C@@H](n2ccc(N)nc2=O)C[C@@H]1O.N#C[C@]1(CO)C[C@@H](n2ccc(NC(=O)c3ccccc3)nc2=O)C[C@@H]1O.O=C(Nc1ccnc(=O)[nH]1)c1ccccc1. The summed E-state index contributed by atoms with van der Waals surface area (Å²) < 4.78 is 37.0. The van der Waals surface area contributed by atoms with E-state index in [4.69, 9.17) is 44.7 Å². The van der Waals surface area contributed by atoms with Gasteiger partial charge >= 0.3 is 28.4 Å². The van der Waals surface area contributed by atoms with Crippen LogP contribution in [-0.4, -0.2) is 201 Å². The number of H-pyrrole nitrogens is 1. The fourth-order valence-electron chi connectivity index (χ4n) is 16.2. The number of nitrogens with zero attached hydrogens (tertiary/aromatic N) is 14. The van der Waals surface area contributed by atoms with E-state index in [-0.39, 0.29) is 136 Å². The van der Waals surface area contributed by atoms with Crippen molar-refractivity contribution >= 4 is 52.7 Å². The van der Waals surface area contributed by atoms with Crippen LogP contribution >= 0.6 is 0 Å². The molecule has 4 amide bonds. The van der Waals surface area contributed by atoms with Gasteiger partial charge in [-0.2, -0.15) is 46.2 Å². The molecule has 694 valence electrons. The fraction of sp³-hybridized carbons (Fsp3) is 0.418. The van der Waals surface area contributed by atoms with E-state index in [2.05, 4.69) is 69.4 Å². The van der Waals surface area contributed by atoms with Crippen LogP contribution in [0.4, 0.5) is 29.1 Å². The molecule has 9 aromatic rings. The maximum atomic E-state index is 12.6. The van der Waals surface area contributed by atoms with Gasteiger partial charge in [0.15, 0.2) is 0 Å². The summed E-state index contributed by atoms with van der Waals surface area (Å²) in [6.07, 6.45) is 8.66. The monoisotopic (exact) mass is 1810 g/mol. The van der Waals surface area contributed by atoms with Gasteiger partial charge in [0.05, 0.1) is 97.6 Å². The lowest BCUT2D eigenvalue weighted by Crippen LogP contribution is -2.34. The molecule has 4 aromatic carbocycles. The van der Waals surface area contributed by atoms with Crippen LogP contribution in [0.25, 0.3) is 0 Å². The Bertz CT molecular complexity index is 5770. The van der Waals surface area contributed by atoms with E-state index in [0.29, 0.717) is 73.0 Å². The number of carbonyl (C=O) groups excluding carboxylic acids is 4. The second-order valence-corrected chi connectivity index (χ2v) is 31.8. The summed E-state index contributed by atoms with van der Waals surface area (Å²) in [5, 5.41) is 115. The number of hydrogen-bond acceptors (Lipinski definition) is 32. The smallest absolute Gasteiger partial charge is 0.349 e. The summed E-state index contributed by atoms with van der Waals surface area (Å²) in [6, 6.07) is 51.5. The van der Waals surface area contributed by atoms with Crippen molar-refractivity contribution in [2.24, 2.45) is 27.1 Å². The number of rotatable bonds is 26. The molecule has 5 aliphatic carbocycles. The summed E-state index contributed by atoms with van der Waals surface area (Å²) in [6.45, 7) is 2.86. The number of aliphatic hydroxyl groups is 6. The van der Waals surface area contributed by atoms with Gasteiger partial charge in [-0.1, -0.05) is 86.6 Å². The maximum absolute atomic E-state index is 12.6. The average Bonchev–Trinajstić information content (AvgIpc) is 1.67. The molecule has 0 spiro atoms.